The normalized spacial score (nSPS) is 11.3. The van der Waals surface area contributed by atoms with E-state index in [0.29, 0.717) is 10.5 Å². The molecular formula is C13H4ClF5N2. The van der Waals surface area contributed by atoms with E-state index >= 15 is 0 Å². The molecule has 0 saturated carbocycles. The number of benzene rings is 2. The second kappa shape index (κ2) is 4.70. The summed E-state index contributed by atoms with van der Waals surface area (Å²) in [7, 11) is 0. The van der Waals surface area contributed by atoms with Crippen molar-refractivity contribution in [1.82, 2.24) is 9.97 Å². The third kappa shape index (κ3) is 2.04. The van der Waals surface area contributed by atoms with Crippen molar-refractivity contribution in [3.05, 3.63) is 52.3 Å². The third-order valence-electron chi connectivity index (χ3n) is 2.89. The number of fused-ring (bicyclic) bond motifs is 1. The van der Waals surface area contributed by atoms with Crippen molar-refractivity contribution in [3.63, 3.8) is 0 Å². The van der Waals surface area contributed by atoms with Gasteiger partial charge in [0, 0.05) is 5.02 Å². The number of hydrogen-bond acceptors (Lipinski definition) is 1. The Morgan fingerprint density at radius 3 is 2.05 bits per heavy atom. The Bertz CT molecular complexity index is 846. The minimum Gasteiger partial charge on any atom is -0.338 e. The fourth-order valence-electron chi connectivity index (χ4n) is 1.91. The Morgan fingerprint density at radius 2 is 1.43 bits per heavy atom. The Kier molecular flexibility index (Phi) is 3.09. The van der Waals surface area contributed by atoms with Gasteiger partial charge in [0.2, 0.25) is 5.82 Å². The summed E-state index contributed by atoms with van der Waals surface area (Å²) in [6.45, 7) is 0. The van der Waals surface area contributed by atoms with Crippen molar-refractivity contribution in [2.45, 2.75) is 0 Å². The maximum Gasteiger partial charge on any atom is 0.200 e. The molecule has 8 heteroatoms. The summed E-state index contributed by atoms with van der Waals surface area (Å²) in [5.74, 6) is -10.6. The Balaban J connectivity index is 2.32. The van der Waals surface area contributed by atoms with Gasteiger partial charge in [-0.3, -0.25) is 0 Å². The Labute approximate surface area is 119 Å². The van der Waals surface area contributed by atoms with E-state index in [1.54, 1.807) is 0 Å². The highest BCUT2D eigenvalue weighted by atomic mass is 35.5. The number of H-pyrrole nitrogens is 1. The van der Waals surface area contributed by atoms with Crippen molar-refractivity contribution in [3.8, 4) is 11.4 Å². The molecule has 1 N–H and O–H groups in total. The number of nitrogens with zero attached hydrogens (tertiary/aromatic N) is 1. The van der Waals surface area contributed by atoms with Gasteiger partial charge in [-0.05, 0) is 18.2 Å². The molecule has 1 heterocycles. The van der Waals surface area contributed by atoms with Crippen LogP contribution in [0, 0.1) is 29.1 Å². The number of aromatic amines is 1. The summed E-state index contributed by atoms with van der Waals surface area (Å²) in [5, 5.41) is 0.329. The van der Waals surface area contributed by atoms with Crippen LogP contribution in [0.3, 0.4) is 0 Å². The van der Waals surface area contributed by atoms with E-state index in [2.05, 4.69) is 9.97 Å². The quantitative estimate of drug-likeness (QED) is 0.397. The molecule has 0 amide bonds. The highest BCUT2D eigenvalue weighted by Gasteiger charge is 2.28. The van der Waals surface area contributed by atoms with Crippen LogP contribution < -0.4 is 0 Å². The molecule has 2 nitrogen and oxygen atoms in total. The largest absolute Gasteiger partial charge is 0.338 e. The molecule has 0 radical (unpaired) electrons. The highest BCUT2D eigenvalue weighted by Crippen LogP contribution is 2.31. The number of aromatic nitrogens is 2. The zero-order valence-electron chi connectivity index (χ0n) is 9.95. The fraction of sp³-hybridized carbons (Fsp3) is 0. The van der Waals surface area contributed by atoms with Crippen LogP contribution >= 0.6 is 11.6 Å². The van der Waals surface area contributed by atoms with Gasteiger partial charge in [-0.25, -0.2) is 26.9 Å². The lowest BCUT2D eigenvalue weighted by Crippen LogP contribution is -2.04. The van der Waals surface area contributed by atoms with Gasteiger partial charge in [0.05, 0.1) is 16.6 Å². The molecule has 2 aromatic carbocycles. The Hall–Kier alpha value is -2.15. The summed E-state index contributed by atoms with van der Waals surface area (Å²) < 4.78 is 66.7. The van der Waals surface area contributed by atoms with Gasteiger partial charge in [0.25, 0.3) is 0 Å². The van der Waals surface area contributed by atoms with E-state index in [1.165, 1.54) is 18.2 Å². The number of rotatable bonds is 1. The van der Waals surface area contributed by atoms with Crippen LogP contribution in [0.15, 0.2) is 18.2 Å². The summed E-state index contributed by atoms with van der Waals surface area (Å²) in [6.07, 6.45) is 0. The van der Waals surface area contributed by atoms with Gasteiger partial charge in [-0.15, -0.1) is 0 Å². The second-order valence-electron chi connectivity index (χ2n) is 4.19. The van der Waals surface area contributed by atoms with Crippen molar-refractivity contribution in [2.75, 3.05) is 0 Å². The summed E-state index contributed by atoms with van der Waals surface area (Å²) in [5.41, 5.74) is -0.529. The lowest BCUT2D eigenvalue weighted by atomic mass is 10.1. The SMILES string of the molecule is Fc1c(F)c(F)c(-c2nc3ccc(Cl)cc3[nH]2)c(F)c1F. The third-order valence-corrected chi connectivity index (χ3v) is 3.13. The summed E-state index contributed by atoms with van der Waals surface area (Å²) in [4.78, 5) is 6.28. The standard InChI is InChI=1S/C13H4ClF5N2/c14-4-1-2-5-6(3-4)21-13(20-5)7-8(15)10(17)12(19)11(18)9(7)16/h1-3H,(H,20,21). The first-order valence-corrected chi connectivity index (χ1v) is 5.95. The van der Waals surface area contributed by atoms with Gasteiger partial charge < -0.3 is 4.98 Å². The van der Waals surface area contributed by atoms with Crippen LogP contribution in [-0.4, -0.2) is 9.97 Å². The molecule has 0 spiro atoms. The molecule has 0 aliphatic heterocycles. The van der Waals surface area contributed by atoms with E-state index in [4.69, 9.17) is 11.6 Å². The maximum absolute atomic E-state index is 13.7. The molecule has 0 saturated heterocycles. The van der Waals surface area contributed by atoms with Crippen LogP contribution in [-0.2, 0) is 0 Å². The molecule has 0 fully saturated rings. The van der Waals surface area contributed by atoms with E-state index in [9.17, 15) is 22.0 Å². The molecule has 3 rings (SSSR count). The molecule has 3 aromatic rings. The molecule has 0 atom stereocenters. The summed E-state index contributed by atoms with van der Waals surface area (Å²) in [6, 6.07) is 4.34. The van der Waals surface area contributed by atoms with Gasteiger partial charge >= 0.3 is 0 Å². The van der Waals surface area contributed by atoms with Crippen LogP contribution in [0.4, 0.5) is 22.0 Å². The number of imidazole rings is 1. The minimum atomic E-state index is -2.21. The fourth-order valence-corrected chi connectivity index (χ4v) is 2.09. The topological polar surface area (TPSA) is 28.7 Å². The zero-order valence-corrected chi connectivity index (χ0v) is 10.7. The van der Waals surface area contributed by atoms with E-state index < -0.39 is 40.5 Å². The van der Waals surface area contributed by atoms with Gasteiger partial charge in [0.15, 0.2) is 23.3 Å². The predicted molar refractivity (Wildman–Crippen MR) is 66.3 cm³/mol. The number of nitrogens with one attached hydrogen (secondary N) is 1. The molecule has 0 aliphatic carbocycles. The van der Waals surface area contributed by atoms with E-state index in [1.807, 2.05) is 0 Å². The molecule has 0 bridgehead atoms. The smallest absolute Gasteiger partial charge is 0.200 e. The average Bonchev–Trinajstić information content (AvgIpc) is 2.85. The van der Waals surface area contributed by atoms with Crippen molar-refractivity contribution < 1.29 is 22.0 Å². The first-order valence-electron chi connectivity index (χ1n) is 5.57. The molecule has 21 heavy (non-hydrogen) atoms. The van der Waals surface area contributed by atoms with Crippen LogP contribution in [0.1, 0.15) is 0 Å². The number of halogens is 6. The lowest BCUT2D eigenvalue weighted by Gasteiger charge is -2.05. The molecule has 108 valence electrons. The molecule has 0 unspecified atom stereocenters. The second-order valence-corrected chi connectivity index (χ2v) is 4.63. The van der Waals surface area contributed by atoms with Gasteiger partial charge in [-0.2, -0.15) is 0 Å². The van der Waals surface area contributed by atoms with Gasteiger partial charge in [0.1, 0.15) is 5.82 Å². The van der Waals surface area contributed by atoms with Crippen LogP contribution in [0.5, 0.6) is 0 Å². The summed E-state index contributed by atoms with van der Waals surface area (Å²) >= 11 is 5.74. The van der Waals surface area contributed by atoms with Crippen LogP contribution in [0.25, 0.3) is 22.4 Å². The predicted octanol–water partition coefficient (Wildman–Crippen LogP) is 4.58. The maximum atomic E-state index is 13.7. The zero-order chi connectivity index (χ0) is 15.3. The van der Waals surface area contributed by atoms with Crippen molar-refractivity contribution >= 4 is 22.6 Å². The first kappa shape index (κ1) is 13.8. The monoisotopic (exact) mass is 318 g/mol. The number of hydrogen-bond donors (Lipinski definition) is 1. The molecular weight excluding hydrogens is 315 g/mol. The highest BCUT2D eigenvalue weighted by molar-refractivity contribution is 6.31. The molecule has 0 aliphatic rings. The molecule has 1 aromatic heterocycles. The van der Waals surface area contributed by atoms with E-state index in [0.717, 1.165) is 0 Å². The van der Waals surface area contributed by atoms with E-state index in [-0.39, 0.29) is 5.52 Å². The Morgan fingerprint density at radius 1 is 0.857 bits per heavy atom. The van der Waals surface area contributed by atoms with Crippen LogP contribution in [0.2, 0.25) is 5.02 Å². The lowest BCUT2D eigenvalue weighted by molar-refractivity contribution is 0.381. The van der Waals surface area contributed by atoms with Gasteiger partial charge in [-0.1, -0.05) is 11.6 Å². The first-order chi connectivity index (χ1) is 9.90. The minimum absolute atomic E-state index is 0.276. The average molecular weight is 319 g/mol. The van der Waals surface area contributed by atoms with Crippen molar-refractivity contribution in [1.29, 1.82) is 0 Å². The van der Waals surface area contributed by atoms with Crippen molar-refractivity contribution in [2.24, 2.45) is 0 Å².